The summed E-state index contributed by atoms with van der Waals surface area (Å²) in [5.74, 6) is -1.39. The van der Waals surface area contributed by atoms with Crippen molar-refractivity contribution >= 4 is 35.0 Å². The third-order valence-corrected chi connectivity index (χ3v) is 4.95. The number of aryl methyl sites for hydroxylation is 1. The Morgan fingerprint density at radius 2 is 2.08 bits per heavy atom. The molecule has 0 bridgehead atoms. The Hall–Kier alpha value is -2.34. The molecule has 1 aliphatic rings. The number of amides is 2. The number of halogens is 1. The molecule has 1 unspecified atom stereocenters. The first-order chi connectivity index (χ1) is 12.0. The summed E-state index contributed by atoms with van der Waals surface area (Å²) in [6.07, 6.45) is 2.05. The zero-order valence-electron chi connectivity index (χ0n) is 14.1. The Morgan fingerprint density at radius 1 is 1.28 bits per heavy atom. The lowest BCUT2D eigenvalue weighted by atomic mass is 10.1. The van der Waals surface area contributed by atoms with Gasteiger partial charge >= 0.3 is 0 Å². The van der Waals surface area contributed by atoms with Gasteiger partial charge in [0.05, 0.1) is 11.6 Å². The standard InChI is InChI=1S/C19H19FN2O2S/c1-12-6-7-17(16(20)8-12)22-11-13(9-18(22)23)19(24)21-14-4-3-5-15(10-14)25-2/h3-8,10,13H,9,11H2,1-2H3,(H,21,24). The van der Waals surface area contributed by atoms with Gasteiger partial charge in [-0.3, -0.25) is 9.59 Å². The molecular formula is C19H19FN2O2S. The third-order valence-electron chi connectivity index (χ3n) is 4.23. The van der Waals surface area contributed by atoms with Crippen LogP contribution in [0.3, 0.4) is 0 Å². The number of hydrogen-bond acceptors (Lipinski definition) is 3. The van der Waals surface area contributed by atoms with Crippen LogP contribution in [0.15, 0.2) is 47.4 Å². The van der Waals surface area contributed by atoms with E-state index in [4.69, 9.17) is 0 Å². The molecule has 0 aliphatic carbocycles. The Morgan fingerprint density at radius 3 is 2.80 bits per heavy atom. The third kappa shape index (κ3) is 3.85. The summed E-state index contributed by atoms with van der Waals surface area (Å²) >= 11 is 1.59. The molecule has 0 radical (unpaired) electrons. The van der Waals surface area contributed by atoms with Crippen LogP contribution in [0.2, 0.25) is 0 Å². The van der Waals surface area contributed by atoms with Crippen molar-refractivity contribution < 1.29 is 14.0 Å². The number of benzene rings is 2. The van der Waals surface area contributed by atoms with E-state index in [1.54, 1.807) is 30.8 Å². The molecule has 1 fully saturated rings. The number of carbonyl (C=O) groups excluding carboxylic acids is 2. The summed E-state index contributed by atoms with van der Waals surface area (Å²) in [7, 11) is 0. The summed E-state index contributed by atoms with van der Waals surface area (Å²) in [6, 6.07) is 12.3. The van der Waals surface area contributed by atoms with E-state index in [-0.39, 0.29) is 30.5 Å². The molecule has 2 amide bonds. The number of thioether (sulfide) groups is 1. The molecular weight excluding hydrogens is 339 g/mol. The lowest BCUT2D eigenvalue weighted by Gasteiger charge is -2.18. The van der Waals surface area contributed by atoms with Gasteiger partial charge in [0.15, 0.2) is 0 Å². The molecule has 0 aromatic heterocycles. The van der Waals surface area contributed by atoms with Gasteiger partial charge in [-0.2, -0.15) is 0 Å². The van der Waals surface area contributed by atoms with Gasteiger partial charge in [-0.05, 0) is 49.1 Å². The number of hydrogen-bond donors (Lipinski definition) is 1. The van der Waals surface area contributed by atoms with Gasteiger partial charge in [0.25, 0.3) is 0 Å². The second-order valence-corrected chi connectivity index (χ2v) is 6.96. The van der Waals surface area contributed by atoms with Crippen molar-refractivity contribution in [1.82, 2.24) is 0 Å². The Labute approximate surface area is 150 Å². The van der Waals surface area contributed by atoms with Gasteiger partial charge in [0.2, 0.25) is 11.8 Å². The average Bonchev–Trinajstić information content (AvgIpc) is 2.97. The number of anilines is 2. The van der Waals surface area contributed by atoms with E-state index in [1.807, 2.05) is 30.5 Å². The van der Waals surface area contributed by atoms with E-state index in [0.29, 0.717) is 5.69 Å². The van der Waals surface area contributed by atoms with Crippen LogP contribution in [0.5, 0.6) is 0 Å². The van der Waals surface area contributed by atoms with Gasteiger partial charge in [-0.1, -0.05) is 12.1 Å². The highest BCUT2D eigenvalue weighted by Gasteiger charge is 2.36. The van der Waals surface area contributed by atoms with E-state index < -0.39 is 11.7 Å². The Balaban J connectivity index is 1.72. The maximum absolute atomic E-state index is 14.1. The number of carbonyl (C=O) groups is 2. The second kappa shape index (κ2) is 7.27. The molecule has 0 spiro atoms. The normalized spacial score (nSPS) is 17.0. The molecule has 4 nitrogen and oxygen atoms in total. The minimum atomic E-state index is -0.494. The maximum atomic E-state index is 14.1. The Bertz CT molecular complexity index is 825. The monoisotopic (exact) mass is 358 g/mol. The molecule has 1 aliphatic heterocycles. The fourth-order valence-electron chi connectivity index (χ4n) is 2.89. The summed E-state index contributed by atoms with van der Waals surface area (Å²) in [5.41, 5.74) is 1.72. The van der Waals surface area contributed by atoms with E-state index in [9.17, 15) is 14.0 Å². The van der Waals surface area contributed by atoms with Crippen LogP contribution in [0.4, 0.5) is 15.8 Å². The van der Waals surface area contributed by atoms with Crippen LogP contribution in [-0.4, -0.2) is 24.6 Å². The predicted molar refractivity (Wildman–Crippen MR) is 98.4 cm³/mol. The van der Waals surface area contributed by atoms with Gasteiger partial charge < -0.3 is 10.2 Å². The summed E-state index contributed by atoms with van der Waals surface area (Å²) in [4.78, 5) is 27.1. The fraction of sp³-hybridized carbons (Fsp3) is 0.263. The van der Waals surface area contributed by atoms with Crippen molar-refractivity contribution in [2.75, 3.05) is 23.0 Å². The molecule has 1 heterocycles. The predicted octanol–water partition coefficient (Wildman–Crippen LogP) is 3.85. The molecule has 1 atom stereocenters. The second-order valence-electron chi connectivity index (χ2n) is 6.08. The van der Waals surface area contributed by atoms with Crippen LogP contribution in [-0.2, 0) is 9.59 Å². The van der Waals surface area contributed by atoms with Crippen molar-refractivity contribution in [1.29, 1.82) is 0 Å². The van der Waals surface area contributed by atoms with E-state index in [2.05, 4.69) is 5.32 Å². The summed E-state index contributed by atoms with van der Waals surface area (Å²) in [6.45, 7) is 1.98. The van der Waals surface area contributed by atoms with E-state index >= 15 is 0 Å². The smallest absolute Gasteiger partial charge is 0.229 e. The van der Waals surface area contributed by atoms with Gasteiger partial charge in [0.1, 0.15) is 5.82 Å². The first-order valence-electron chi connectivity index (χ1n) is 7.99. The zero-order chi connectivity index (χ0) is 18.0. The first-order valence-corrected chi connectivity index (χ1v) is 9.22. The maximum Gasteiger partial charge on any atom is 0.229 e. The van der Waals surface area contributed by atoms with Gasteiger partial charge in [0, 0.05) is 23.5 Å². The lowest BCUT2D eigenvalue weighted by Crippen LogP contribution is -2.28. The molecule has 3 rings (SSSR count). The number of nitrogens with zero attached hydrogens (tertiary/aromatic N) is 1. The quantitative estimate of drug-likeness (QED) is 0.845. The fourth-order valence-corrected chi connectivity index (χ4v) is 3.35. The van der Waals surface area contributed by atoms with Crippen molar-refractivity contribution in [3.05, 3.63) is 53.8 Å². The average molecular weight is 358 g/mol. The lowest BCUT2D eigenvalue weighted by molar-refractivity contribution is -0.122. The van der Waals surface area contributed by atoms with E-state index in [1.165, 1.54) is 11.0 Å². The molecule has 1 saturated heterocycles. The molecule has 2 aromatic carbocycles. The first kappa shape index (κ1) is 17.5. The van der Waals surface area contributed by atoms with Crippen molar-refractivity contribution in [2.45, 2.75) is 18.2 Å². The summed E-state index contributed by atoms with van der Waals surface area (Å²) < 4.78 is 14.1. The molecule has 1 N–H and O–H groups in total. The van der Waals surface area contributed by atoms with Crippen LogP contribution in [0.25, 0.3) is 0 Å². The largest absolute Gasteiger partial charge is 0.326 e. The van der Waals surface area contributed by atoms with Gasteiger partial charge in [-0.15, -0.1) is 11.8 Å². The van der Waals surface area contributed by atoms with Crippen molar-refractivity contribution in [2.24, 2.45) is 5.92 Å². The summed E-state index contributed by atoms with van der Waals surface area (Å²) in [5, 5.41) is 2.85. The van der Waals surface area contributed by atoms with Crippen LogP contribution in [0, 0.1) is 18.7 Å². The SMILES string of the molecule is CSc1cccc(NC(=O)C2CC(=O)N(c3ccc(C)cc3F)C2)c1. The van der Waals surface area contributed by atoms with Gasteiger partial charge in [-0.25, -0.2) is 4.39 Å². The van der Waals surface area contributed by atoms with Crippen molar-refractivity contribution in [3.63, 3.8) is 0 Å². The minimum Gasteiger partial charge on any atom is -0.326 e. The number of nitrogens with one attached hydrogen (secondary N) is 1. The minimum absolute atomic E-state index is 0.0847. The number of rotatable bonds is 4. The van der Waals surface area contributed by atoms with Crippen LogP contribution in [0.1, 0.15) is 12.0 Å². The molecule has 130 valence electrons. The zero-order valence-corrected chi connectivity index (χ0v) is 14.9. The highest BCUT2D eigenvalue weighted by molar-refractivity contribution is 7.98. The van der Waals surface area contributed by atoms with Crippen LogP contribution >= 0.6 is 11.8 Å². The molecule has 25 heavy (non-hydrogen) atoms. The van der Waals surface area contributed by atoms with Crippen LogP contribution < -0.4 is 10.2 Å². The topological polar surface area (TPSA) is 49.4 Å². The molecule has 6 heteroatoms. The molecule has 2 aromatic rings. The van der Waals surface area contributed by atoms with Crippen molar-refractivity contribution in [3.8, 4) is 0 Å². The Kier molecular flexibility index (Phi) is 5.08. The highest BCUT2D eigenvalue weighted by Crippen LogP contribution is 2.29. The highest BCUT2D eigenvalue weighted by atomic mass is 32.2. The van der Waals surface area contributed by atoms with E-state index in [0.717, 1.165) is 10.5 Å². The molecule has 0 saturated carbocycles.